The van der Waals surface area contributed by atoms with Crippen molar-refractivity contribution in [2.24, 2.45) is 11.8 Å². The molecular weight excluding hydrogens is 400 g/mol. The first-order chi connectivity index (χ1) is 14.6. The number of rotatable bonds is 5. The maximum absolute atomic E-state index is 13.3. The van der Waals surface area contributed by atoms with Gasteiger partial charge < -0.3 is 9.47 Å². The van der Waals surface area contributed by atoms with Crippen LogP contribution < -0.4 is 4.74 Å². The summed E-state index contributed by atoms with van der Waals surface area (Å²) in [7, 11) is 1.38. The van der Waals surface area contributed by atoms with Gasteiger partial charge in [0.1, 0.15) is 5.75 Å². The van der Waals surface area contributed by atoms with Crippen LogP contribution in [0.4, 0.5) is 0 Å². The quantitative estimate of drug-likeness (QED) is 0.419. The SMILES string of the molecule is COC(=O)C1[C@H](c2ccccc2)C(C(=O)Oc2ccc(Cl)cc2)[C@H]1c1ccccc1. The molecule has 0 amide bonds. The van der Waals surface area contributed by atoms with Crippen molar-refractivity contribution in [3.05, 3.63) is 101 Å². The van der Waals surface area contributed by atoms with E-state index in [4.69, 9.17) is 21.1 Å². The molecule has 1 fully saturated rings. The van der Waals surface area contributed by atoms with Crippen molar-refractivity contribution in [2.75, 3.05) is 7.11 Å². The van der Waals surface area contributed by atoms with Crippen LogP contribution in [0, 0.1) is 11.8 Å². The molecule has 3 aromatic carbocycles. The molecule has 2 atom stereocenters. The Morgan fingerprint density at radius 2 is 1.17 bits per heavy atom. The fraction of sp³-hybridized carbons (Fsp3) is 0.200. The van der Waals surface area contributed by atoms with Gasteiger partial charge >= 0.3 is 11.9 Å². The second kappa shape index (κ2) is 8.72. The fourth-order valence-corrected chi connectivity index (χ4v) is 4.46. The summed E-state index contributed by atoms with van der Waals surface area (Å²) in [4.78, 5) is 26.0. The van der Waals surface area contributed by atoms with Gasteiger partial charge in [-0.3, -0.25) is 9.59 Å². The Hall–Kier alpha value is -3.11. The monoisotopic (exact) mass is 420 g/mol. The molecule has 1 aliphatic carbocycles. The fourth-order valence-electron chi connectivity index (χ4n) is 4.34. The average molecular weight is 421 g/mol. The van der Waals surface area contributed by atoms with Crippen LogP contribution in [0.5, 0.6) is 5.75 Å². The van der Waals surface area contributed by atoms with Crippen molar-refractivity contribution in [3.63, 3.8) is 0 Å². The molecular formula is C25H21ClO4. The summed E-state index contributed by atoms with van der Waals surface area (Å²) >= 11 is 5.93. The number of esters is 2. The van der Waals surface area contributed by atoms with Crippen LogP contribution in [0.15, 0.2) is 84.9 Å². The van der Waals surface area contributed by atoms with Crippen LogP contribution in [0.25, 0.3) is 0 Å². The Balaban J connectivity index is 1.72. The van der Waals surface area contributed by atoms with E-state index >= 15 is 0 Å². The van der Waals surface area contributed by atoms with E-state index in [-0.39, 0.29) is 23.8 Å². The second-order valence-corrected chi connectivity index (χ2v) is 7.76. The number of halogens is 1. The summed E-state index contributed by atoms with van der Waals surface area (Å²) in [6, 6.07) is 25.8. The molecule has 0 aromatic heterocycles. The average Bonchev–Trinajstić information content (AvgIpc) is 2.76. The highest BCUT2D eigenvalue weighted by Crippen LogP contribution is 2.58. The summed E-state index contributed by atoms with van der Waals surface area (Å²) in [5.74, 6) is -1.93. The molecule has 0 aliphatic heterocycles. The first-order valence-corrected chi connectivity index (χ1v) is 10.1. The first kappa shape index (κ1) is 20.2. The van der Waals surface area contributed by atoms with Gasteiger partial charge in [-0.05, 0) is 35.4 Å². The minimum atomic E-state index is -0.519. The lowest BCUT2D eigenvalue weighted by molar-refractivity contribution is -0.160. The number of carbonyl (C=O) groups excluding carboxylic acids is 2. The lowest BCUT2D eigenvalue weighted by Gasteiger charge is -2.49. The molecule has 1 saturated carbocycles. The van der Waals surface area contributed by atoms with Gasteiger partial charge in [0.25, 0.3) is 0 Å². The summed E-state index contributed by atoms with van der Waals surface area (Å²) < 4.78 is 10.8. The molecule has 152 valence electrons. The predicted octanol–water partition coefficient (Wildman–Crippen LogP) is 5.23. The van der Waals surface area contributed by atoms with Crippen LogP contribution in [0.2, 0.25) is 5.02 Å². The van der Waals surface area contributed by atoms with Crippen molar-refractivity contribution < 1.29 is 19.1 Å². The predicted molar refractivity (Wildman–Crippen MR) is 114 cm³/mol. The molecule has 0 bridgehead atoms. The highest BCUT2D eigenvalue weighted by molar-refractivity contribution is 6.30. The van der Waals surface area contributed by atoms with Crippen molar-refractivity contribution in [1.82, 2.24) is 0 Å². The molecule has 4 nitrogen and oxygen atoms in total. The van der Waals surface area contributed by atoms with Crippen molar-refractivity contribution in [2.45, 2.75) is 11.8 Å². The zero-order valence-electron chi connectivity index (χ0n) is 16.4. The standard InChI is InChI=1S/C25H21ClO4/c1-29-24(27)22-20(16-8-4-2-5-9-16)23(21(22)17-10-6-3-7-11-17)25(28)30-19-14-12-18(26)13-15-19/h2-15,20-23H,1H3/t20-,21-,22?,23?/m0/s1. The van der Waals surface area contributed by atoms with Gasteiger partial charge in [-0.2, -0.15) is 0 Å². The molecule has 0 radical (unpaired) electrons. The number of ether oxygens (including phenoxy) is 2. The van der Waals surface area contributed by atoms with Crippen molar-refractivity contribution in [3.8, 4) is 5.75 Å². The van der Waals surface area contributed by atoms with Crippen molar-refractivity contribution in [1.29, 1.82) is 0 Å². The maximum Gasteiger partial charge on any atom is 0.315 e. The van der Waals surface area contributed by atoms with Gasteiger partial charge in [0.2, 0.25) is 0 Å². The van der Waals surface area contributed by atoms with Gasteiger partial charge in [0, 0.05) is 16.9 Å². The van der Waals surface area contributed by atoms with Crippen LogP contribution in [0.3, 0.4) is 0 Å². The second-order valence-electron chi connectivity index (χ2n) is 7.32. The Kier molecular flexibility index (Phi) is 5.86. The Morgan fingerprint density at radius 1 is 0.700 bits per heavy atom. The van der Waals surface area contributed by atoms with E-state index in [0.717, 1.165) is 11.1 Å². The molecule has 0 saturated heterocycles. The van der Waals surface area contributed by atoms with Gasteiger partial charge in [-0.25, -0.2) is 0 Å². The van der Waals surface area contributed by atoms with Crippen LogP contribution in [-0.2, 0) is 14.3 Å². The zero-order valence-corrected chi connectivity index (χ0v) is 17.2. The number of benzene rings is 3. The molecule has 3 aromatic rings. The lowest BCUT2D eigenvalue weighted by Crippen LogP contribution is -2.52. The largest absolute Gasteiger partial charge is 0.469 e. The summed E-state index contributed by atoms with van der Waals surface area (Å²) in [5, 5.41) is 0.563. The number of hydrogen-bond acceptors (Lipinski definition) is 4. The highest BCUT2D eigenvalue weighted by Gasteiger charge is 2.59. The van der Waals surface area contributed by atoms with Crippen LogP contribution in [0.1, 0.15) is 23.0 Å². The van der Waals surface area contributed by atoms with Crippen LogP contribution in [-0.4, -0.2) is 19.0 Å². The van der Waals surface area contributed by atoms with Crippen molar-refractivity contribution >= 4 is 23.5 Å². The van der Waals surface area contributed by atoms with E-state index in [1.54, 1.807) is 24.3 Å². The van der Waals surface area contributed by atoms with E-state index in [0.29, 0.717) is 10.8 Å². The number of carbonyl (C=O) groups is 2. The van der Waals surface area contributed by atoms with E-state index in [9.17, 15) is 9.59 Å². The summed E-state index contributed by atoms with van der Waals surface area (Å²) in [6.45, 7) is 0. The van der Waals surface area contributed by atoms with E-state index in [1.165, 1.54) is 7.11 Å². The van der Waals surface area contributed by atoms with E-state index < -0.39 is 11.8 Å². The summed E-state index contributed by atoms with van der Waals surface area (Å²) in [6.07, 6.45) is 0. The topological polar surface area (TPSA) is 52.6 Å². The molecule has 0 N–H and O–H groups in total. The molecule has 4 rings (SSSR count). The third kappa shape index (κ3) is 3.83. The smallest absolute Gasteiger partial charge is 0.315 e. The van der Waals surface area contributed by atoms with Crippen LogP contribution >= 0.6 is 11.6 Å². The minimum absolute atomic E-state index is 0.326. The normalized spacial score (nSPS) is 22.6. The molecule has 5 heteroatoms. The van der Waals surface area contributed by atoms with Gasteiger partial charge in [-0.15, -0.1) is 0 Å². The third-order valence-electron chi connectivity index (χ3n) is 5.69. The zero-order chi connectivity index (χ0) is 21.1. The molecule has 0 unspecified atom stereocenters. The Labute approximate surface area is 180 Å². The Morgan fingerprint density at radius 3 is 1.63 bits per heavy atom. The third-order valence-corrected chi connectivity index (χ3v) is 5.95. The summed E-state index contributed by atoms with van der Waals surface area (Å²) in [5.41, 5.74) is 1.83. The molecule has 0 spiro atoms. The highest BCUT2D eigenvalue weighted by atomic mass is 35.5. The molecule has 1 aliphatic rings. The number of hydrogen-bond donors (Lipinski definition) is 0. The number of methoxy groups -OCH3 is 1. The van der Waals surface area contributed by atoms with E-state index in [1.807, 2.05) is 60.7 Å². The van der Waals surface area contributed by atoms with E-state index in [2.05, 4.69) is 0 Å². The Bertz CT molecular complexity index is 971. The lowest BCUT2D eigenvalue weighted by atomic mass is 9.52. The molecule has 0 heterocycles. The van der Waals surface area contributed by atoms with Gasteiger partial charge in [-0.1, -0.05) is 72.3 Å². The van der Waals surface area contributed by atoms with Gasteiger partial charge in [0.05, 0.1) is 18.9 Å². The first-order valence-electron chi connectivity index (χ1n) is 9.75. The maximum atomic E-state index is 13.3. The van der Waals surface area contributed by atoms with Gasteiger partial charge in [0.15, 0.2) is 0 Å². The minimum Gasteiger partial charge on any atom is -0.469 e. The molecule has 30 heavy (non-hydrogen) atoms.